The lowest BCUT2D eigenvalue weighted by atomic mass is 10.1. The molecule has 0 saturated heterocycles. The molecule has 0 aromatic rings. The molecule has 1 unspecified atom stereocenters. The number of rotatable bonds is 10. The minimum Gasteiger partial charge on any atom is -0.315 e. The third kappa shape index (κ3) is 8.62. The zero-order valence-electron chi connectivity index (χ0n) is 12.9. The first-order valence-electron chi connectivity index (χ1n) is 7.45. The van der Waals surface area contributed by atoms with Crippen molar-refractivity contribution in [1.29, 1.82) is 0 Å². The maximum absolute atomic E-state index is 3.62. The summed E-state index contributed by atoms with van der Waals surface area (Å²) in [5, 5.41) is 3.62. The van der Waals surface area contributed by atoms with Gasteiger partial charge in [0.05, 0.1) is 0 Å². The smallest absolute Gasteiger partial charge is 0.0220 e. The van der Waals surface area contributed by atoms with Gasteiger partial charge in [0.15, 0.2) is 0 Å². The van der Waals surface area contributed by atoms with Crippen LogP contribution < -0.4 is 5.32 Å². The van der Waals surface area contributed by atoms with Crippen LogP contribution in [0.15, 0.2) is 0 Å². The highest BCUT2D eigenvalue weighted by atomic mass is 15.2. The first-order valence-corrected chi connectivity index (χ1v) is 7.45. The van der Waals surface area contributed by atoms with Crippen molar-refractivity contribution >= 4 is 0 Å². The molecule has 0 fully saturated rings. The monoisotopic (exact) mass is 242 g/mol. The van der Waals surface area contributed by atoms with E-state index in [2.05, 4.69) is 51.8 Å². The Balaban J connectivity index is 4.15. The first kappa shape index (κ1) is 16.9. The van der Waals surface area contributed by atoms with Crippen LogP contribution in [0.2, 0.25) is 0 Å². The average molecular weight is 242 g/mol. The van der Waals surface area contributed by atoms with E-state index in [4.69, 9.17) is 0 Å². The summed E-state index contributed by atoms with van der Waals surface area (Å²) >= 11 is 0. The van der Waals surface area contributed by atoms with Gasteiger partial charge >= 0.3 is 0 Å². The van der Waals surface area contributed by atoms with Gasteiger partial charge in [-0.05, 0) is 31.3 Å². The van der Waals surface area contributed by atoms with E-state index in [0.29, 0.717) is 6.04 Å². The van der Waals surface area contributed by atoms with Gasteiger partial charge in [0.25, 0.3) is 0 Å². The van der Waals surface area contributed by atoms with Gasteiger partial charge in [0.2, 0.25) is 0 Å². The van der Waals surface area contributed by atoms with E-state index in [-0.39, 0.29) is 0 Å². The lowest BCUT2D eigenvalue weighted by Gasteiger charge is -2.32. The molecule has 0 rings (SSSR count). The molecule has 0 heterocycles. The molecule has 1 atom stereocenters. The van der Waals surface area contributed by atoms with Crippen molar-refractivity contribution in [3.63, 3.8) is 0 Å². The average Bonchev–Trinajstić information content (AvgIpc) is 2.24. The Morgan fingerprint density at radius 3 is 2.00 bits per heavy atom. The normalized spacial score (nSPS) is 13.9. The predicted octanol–water partition coefficient (Wildman–Crippen LogP) is 3.38. The molecule has 0 amide bonds. The summed E-state index contributed by atoms with van der Waals surface area (Å²) in [6.07, 6.45) is 2.59. The van der Waals surface area contributed by atoms with E-state index in [1.165, 1.54) is 25.9 Å². The second-order valence-electron chi connectivity index (χ2n) is 5.98. The van der Waals surface area contributed by atoms with Crippen molar-refractivity contribution in [3.8, 4) is 0 Å². The van der Waals surface area contributed by atoms with Crippen molar-refractivity contribution in [3.05, 3.63) is 0 Å². The van der Waals surface area contributed by atoms with Crippen molar-refractivity contribution in [2.75, 3.05) is 26.2 Å². The lowest BCUT2D eigenvalue weighted by Crippen LogP contribution is -2.44. The maximum Gasteiger partial charge on any atom is 0.0220 e. The predicted molar refractivity (Wildman–Crippen MR) is 78.5 cm³/mol. The van der Waals surface area contributed by atoms with E-state index >= 15 is 0 Å². The van der Waals surface area contributed by atoms with E-state index in [1.54, 1.807) is 0 Å². The minimum atomic E-state index is 0.714. The Kier molecular flexibility index (Phi) is 9.85. The fourth-order valence-electron chi connectivity index (χ4n) is 2.29. The van der Waals surface area contributed by atoms with E-state index in [9.17, 15) is 0 Å². The van der Waals surface area contributed by atoms with Gasteiger partial charge in [0, 0.05) is 19.1 Å². The Morgan fingerprint density at radius 2 is 1.59 bits per heavy atom. The van der Waals surface area contributed by atoms with Crippen LogP contribution in [0.1, 0.15) is 54.4 Å². The zero-order valence-corrected chi connectivity index (χ0v) is 12.9. The van der Waals surface area contributed by atoms with E-state index in [1.807, 2.05) is 0 Å². The number of hydrogen-bond acceptors (Lipinski definition) is 2. The van der Waals surface area contributed by atoms with Crippen LogP contribution in [0.25, 0.3) is 0 Å². The Bertz CT molecular complexity index is 166. The van der Waals surface area contributed by atoms with Gasteiger partial charge in [-0.3, -0.25) is 4.90 Å². The number of likely N-dealkylation sites (N-methyl/N-ethyl adjacent to an activating group) is 1. The molecule has 0 aliphatic carbocycles. The number of nitrogens with zero attached hydrogens (tertiary/aromatic N) is 1. The zero-order chi connectivity index (χ0) is 13.3. The molecular formula is C15H34N2. The summed E-state index contributed by atoms with van der Waals surface area (Å²) in [5.41, 5.74) is 0. The van der Waals surface area contributed by atoms with Crippen molar-refractivity contribution in [1.82, 2.24) is 10.2 Å². The third-order valence-electron chi connectivity index (χ3n) is 3.08. The summed E-state index contributed by atoms with van der Waals surface area (Å²) < 4.78 is 0. The van der Waals surface area contributed by atoms with Crippen LogP contribution in [0, 0.1) is 11.8 Å². The van der Waals surface area contributed by atoms with Gasteiger partial charge in [0.1, 0.15) is 0 Å². The van der Waals surface area contributed by atoms with Crippen LogP contribution in [0.4, 0.5) is 0 Å². The topological polar surface area (TPSA) is 15.3 Å². The molecule has 2 nitrogen and oxygen atoms in total. The van der Waals surface area contributed by atoms with Crippen LogP contribution in [0.3, 0.4) is 0 Å². The second kappa shape index (κ2) is 9.90. The fraction of sp³-hybridized carbons (Fsp3) is 1.00. The second-order valence-corrected chi connectivity index (χ2v) is 5.98. The van der Waals surface area contributed by atoms with Crippen molar-refractivity contribution in [2.45, 2.75) is 60.4 Å². The minimum absolute atomic E-state index is 0.714. The highest BCUT2D eigenvalue weighted by molar-refractivity contribution is 4.74. The number of hydrogen-bond donors (Lipinski definition) is 1. The summed E-state index contributed by atoms with van der Waals surface area (Å²) in [6, 6.07) is 0.714. The molecule has 1 N–H and O–H groups in total. The molecule has 0 aliphatic heterocycles. The molecule has 0 aliphatic rings. The van der Waals surface area contributed by atoms with Crippen LogP contribution >= 0.6 is 0 Å². The Labute approximate surface area is 109 Å². The van der Waals surface area contributed by atoms with Gasteiger partial charge in [-0.1, -0.05) is 48.0 Å². The molecule has 0 aromatic heterocycles. The first-order chi connectivity index (χ1) is 8.01. The molecular weight excluding hydrogens is 208 g/mol. The standard InChI is InChI=1S/C15H34N2/c1-7-9-15(11-16-10-13(3)4)17(8-2)12-14(5)6/h13-16H,7-12H2,1-6H3. The molecule has 0 aromatic carbocycles. The number of nitrogens with one attached hydrogen (secondary N) is 1. The van der Waals surface area contributed by atoms with E-state index < -0.39 is 0 Å². The maximum atomic E-state index is 3.62. The molecule has 17 heavy (non-hydrogen) atoms. The summed E-state index contributed by atoms with van der Waals surface area (Å²) in [7, 11) is 0. The highest BCUT2D eigenvalue weighted by Gasteiger charge is 2.16. The van der Waals surface area contributed by atoms with Gasteiger partial charge in [-0.25, -0.2) is 0 Å². The fourth-order valence-corrected chi connectivity index (χ4v) is 2.29. The van der Waals surface area contributed by atoms with Gasteiger partial charge in [-0.15, -0.1) is 0 Å². The summed E-state index contributed by atoms with van der Waals surface area (Å²) in [5.74, 6) is 1.51. The summed E-state index contributed by atoms with van der Waals surface area (Å²) in [6.45, 7) is 18.4. The van der Waals surface area contributed by atoms with E-state index in [0.717, 1.165) is 24.9 Å². The Morgan fingerprint density at radius 1 is 0.941 bits per heavy atom. The molecule has 104 valence electrons. The molecule has 0 radical (unpaired) electrons. The van der Waals surface area contributed by atoms with Crippen LogP contribution in [-0.2, 0) is 0 Å². The molecule has 2 heteroatoms. The Hall–Kier alpha value is -0.0800. The van der Waals surface area contributed by atoms with Gasteiger partial charge < -0.3 is 5.32 Å². The molecule has 0 saturated carbocycles. The van der Waals surface area contributed by atoms with Crippen molar-refractivity contribution < 1.29 is 0 Å². The van der Waals surface area contributed by atoms with Crippen molar-refractivity contribution in [2.24, 2.45) is 11.8 Å². The third-order valence-corrected chi connectivity index (χ3v) is 3.08. The quantitative estimate of drug-likeness (QED) is 0.632. The molecule has 0 spiro atoms. The largest absolute Gasteiger partial charge is 0.315 e. The van der Waals surface area contributed by atoms with Crippen LogP contribution in [-0.4, -0.2) is 37.1 Å². The lowest BCUT2D eigenvalue weighted by molar-refractivity contribution is 0.170. The SMILES string of the molecule is CCCC(CNCC(C)C)N(CC)CC(C)C. The molecule has 0 bridgehead atoms. The highest BCUT2D eigenvalue weighted by Crippen LogP contribution is 2.09. The van der Waals surface area contributed by atoms with Crippen LogP contribution in [0.5, 0.6) is 0 Å². The van der Waals surface area contributed by atoms with Gasteiger partial charge in [-0.2, -0.15) is 0 Å². The summed E-state index contributed by atoms with van der Waals surface area (Å²) in [4.78, 5) is 2.64.